The zero-order chi connectivity index (χ0) is 13.1. The van der Waals surface area contributed by atoms with E-state index in [0.29, 0.717) is 13.2 Å². The number of ether oxygens (including phenoxy) is 2. The molecule has 1 heterocycles. The van der Waals surface area contributed by atoms with Gasteiger partial charge in [-0.1, -0.05) is 42.5 Å². The van der Waals surface area contributed by atoms with Crippen molar-refractivity contribution in [1.82, 2.24) is 0 Å². The van der Waals surface area contributed by atoms with Crippen LogP contribution in [-0.2, 0) is 11.3 Å². The fourth-order valence-corrected chi connectivity index (χ4v) is 1.95. The number of aliphatic hydroxyl groups excluding tert-OH is 1. The quantitative estimate of drug-likeness (QED) is 0.836. The molecule has 2 aromatic rings. The van der Waals surface area contributed by atoms with Gasteiger partial charge in [-0.2, -0.15) is 0 Å². The van der Waals surface area contributed by atoms with Gasteiger partial charge in [0, 0.05) is 0 Å². The van der Waals surface area contributed by atoms with Crippen molar-refractivity contribution in [1.29, 1.82) is 0 Å². The molecule has 0 unspecified atom stereocenters. The molecule has 2 atom stereocenters. The molecule has 3 nitrogen and oxygen atoms in total. The molecule has 2 aromatic carbocycles. The highest BCUT2D eigenvalue weighted by atomic mass is 16.6. The Balaban J connectivity index is 1.59. The van der Waals surface area contributed by atoms with Crippen molar-refractivity contribution in [2.45, 2.75) is 18.8 Å². The number of hydrogen-bond acceptors (Lipinski definition) is 3. The highest BCUT2D eigenvalue weighted by Gasteiger charge is 2.32. The van der Waals surface area contributed by atoms with Gasteiger partial charge in [-0.25, -0.2) is 0 Å². The van der Waals surface area contributed by atoms with E-state index in [1.54, 1.807) is 0 Å². The summed E-state index contributed by atoms with van der Waals surface area (Å²) < 4.78 is 10.8. The Kier molecular flexibility index (Phi) is 3.49. The van der Waals surface area contributed by atoms with E-state index in [1.165, 1.54) is 0 Å². The van der Waals surface area contributed by atoms with Crippen LogP contribution in [0, 0.1) is 0 Å². The van der Waals surface area contributed by atoms with Gasteiger partial charge in [0.05, 0.1) is 6.61 Å². The van der Waals surface area contributed by atoms with Crippen LogP contribution in [-0.4, -0.2) is 17.8 Å². The Labute approximate surface area is 112 Å². The molecule has 1 aliphatic heterocycles. The molecule has 0 amide bonds. The lowest BCUT2D eigenvalue weighted by Crippen LogP contribution is -2.04. The summed E-state index contributed by atoms with van der Waals surface area (Å²) in [6.45, 7) is 1.20. The second-order valence-corrected chi connectivity index (χ2v) is 4.66. The average molecular weight is 256 g/mol. The van der Waals surface area contributed by atoms with Gasteiger partial charge >= 0.3 is 0 Å². The van der Waals surface area contributed by atoms with Crippen molar-refractivity contribution < 1.29 is 14.6 Å². The summed E-state index contributed by atoms with van der Waals surface area (Å²) in [7, 11) is 0. The summed E-state index contributed by atoms with van der Waals surface area (Å²) in [5.74, 6) is 0.802. The maximum absolute atomic E-state index is 9.89. The van der Waals surface area contributed by atoms with Crippen LogP contribution in [0.3, 0.4) is 0 Å². The second kappa shape index (κ2) is 5.43. The first-order valence-corrected chi connectivity index (χ1v) is 6.39. The van der Waals surface area contributed by atoms with E-state index in [0.717, 1.165) is 16.9 Å². The summed E-state index contributed by atoms with van der Waals surface area (Å²) in [5.41, 5.74) is 2.01. The lowest BCUT2D eigenvalue weighted by Gasteiger charge is -2.10. The van der Waals surface area contributed by atoms with Crippen LogP contribution in [0.5, 0.6) is 5.75 Å². The molecule has 98 valence electrons. The van der Waals surface area contributed by atoms with Crippen LogP contribution < -0.4 is 4.74 Å². The fourth-order valence-electron chi connectivity index (χ4n) is 1.95. The summed E-state index contributed by atoms with van der Waals surface area (Å²) in [6.07, 6.45) is -0.556. The molecule has 1 N–H and O–H groups in total. The minimum atomic E-state index is -0.525. The minimum absolute atomic E-state index is 0.0314. The summed E-state index contributed by atoms with van der Waals surface area (Å²) in [6, 6.07) is 17.6. The van der Waals surface area contributed by atoms with Gasteiger partial charge in [0.25, 0.3) is 0 Å². The third kappa shape index (κ3) is 3.13. The molecule has 0 bridgehead atoms. The largest absolute Gasteiger partial charge is 0.489 e. The normalized spacial score (nSPS) is 18.9. The number of benzene rings is 2. The van der Waals surface area contributed by atoms with E-state index in [4.69, 9.17) is 9.47 Å². The van der Waals surface area contributed by atoms with Gasteiger partial charge in [-0.15, -0.1) is 0 Å². The Hall–Kier alpha value is -1.84. The maximum atomic E-state index is 9.89. The second-order valence-electron chi connectivity index (χ2n) is 4.66. The highest BCUT2D eigenvalue weighted by Crippen LogP contribution is 2.28. The van der Waals surface area contributed by atoms with Crippen LogP contribution in [0.2, 0.25) is 0 Å². The van der Waals surface area contributed by atoms with Crippen LogP contribution in [0.25, 0.3) is 0 Å². The molecule has 1 aliphatic rings. The summed E-state index contributed by atoms with van der Waals surface area (Å²) in [5, 5.41) is 9.89. The molecule has 1 fully saturated rings. The van der Waals surface area contributed by atoms with Gasteiger partial charge in [0.1, 0.15) is 24.6 Å². The highest BCUT2D eigenvalue weighted by molar-refractivity contribution is 5.29. The van der Waals surface area contributed by atoms with Crippen molar-refractivity contribution >= 4 is 0 Å². The predicted octanol–water partition coefficient (Wildman–Crippen LogP) is 2.70. The Morgan fingerprint density at radius 3 is 2.42 bits per heavy atom. The molecular weight excluding hydrogens is 240 g/mol. The van der Waals surface area contributed by atoms with Crippen LogP contribution in [0.1, 0.15) is 17.2 Å². The standard InChI is InChI=1S/C16H16O3/c17-16(15-11-19-15)13-6-8-14(9-7-13)18-10-12-4-2-1-3-5-12/h1-9,15-17H,10-11H2/t15-,16-/m0/s1. The zero-order valence-electron chi connectivity index (χ0n) is 10.5. The fraction of sp³-hybridized carbons (Fsp3) is 0.250. The Bertz CT molecular complexity index is 517. The van der Waals surface area contributed by atoms with Gasteiger partial charge in [-0.05, 0) is 23.3 Å². The molecule has 0 saturated carbocycles. The van der Waals surface area contributed by atoms with Crippen LogP contribution >= 0.6 is 0 Å². The lowest BCUT2D eigenvalue weighted by atomic mass is 10.1. The van der Waals surface area contributed by atoms with Crippen molar-refractivity contribution in [3.63, 3.8) is 0 Å². The van der Waals surface area contributed by atoms with E-state index in [9.17, 15) is 5.11 Å². The van der Waals surface area contributed by atoms with Crippen molar-refractivity contribution in [2.24, 2.45) is 0 Å². The van der Waals surface area contributed by atoms with Crippen molar-refractivity contribution in [3.8, 4) is 5.75 Å². The average Bonchev–Trinajstić information content (AvgIpc) is 3.31. The van der Waals surface area contributed by atoms with Gasteiger partial charge in [0.15, 0.2) is 0 Å². The number of rotatable bonds is 5. The topological polar surface area (TPSA) is 42.0 Å². The predicted molar refractivity (Wildman–Crippen MR) is 71.9 cm³/mol. The van der Waals surface area contributed by atoms with Crippen molar-refractivity contribution in [3.05, 3.63) is 65.7 Å². The monoisotopic (exact) mass is 256 g/mol. The summed E-state index contributed by atoms with van der Waals surface area (Å²) >= 11 is 0. The third-order valence-electron chi connectivity index (χ3n) is 3.18. The smallest absolute Gasteiger partial charge is 0.119 e. The van der Waals surface area contributed by atoms with Gasteiger partial charge < -0.3 is 14.6 Å². The maximum Gasteiger partial charge on any atom is 0.119 e. The first-order valence-electron chi connectivity index (χ1n) is 6.39. The Morgan fingerprint density at radius 2 is 1.79 bits per heavy atom. The van der Waals surface area contributed by atoms with Gasteiger partial charge in [-0.3, -0.25) is 0 Å². The number of aliphatic hydroxyl groups is 1. The molecule has 3 heteroatoms. The zero-order valence-corrected chi connectivity index (χ0v) is 10.5. The molecule has 0 aliphatic carbocycles. The lowest BCUT2D eigenvalue weighted by molar-refractivity contribution is 0.137. The van der Waals surface area contributed by atoms with Crippen molar-refractivity contribution in [2.75, 3.05) is 6.61 Å². The van der Waals surface area contributed by atoms with Crippen LogP contribution in [0.4, 0.5) is 0 Å². The minimum Gasteiger partial charge on any atom is -0.489 e. The third-order valence-corrected chi connectivity index (χ3v) is 3.18. The first-order chi connectivity index (χ1) is 9.33. The van der Waals surface area contributed by atoms with E-state index in [-0.39, 0.29) is 6.10 Å². The van der Waals surface area contributed by atoms with E-state index >= 15 is 0 Å². The van der Waals surface area contributed by atoms with E-state index in [1.807, 2.05) is 54.6 Å². The van der Waals surface area contributed by atoms with Crippen LogP contribution in [0.15, 0.2) is 54.6 Å². The number of hydrogen-bond donors (Lipinski definition) is 1. The first kappa shape index (κ1) is 12.2. The number of epoxide rings is 1. The van der Waals surface area contributed by atoms with E-state index < -0.39 is 6.10 Å². The molecule has 3 rings (SSSR count). The summed E-state index contributed by atoms with van der Waals surface area (Å²) in [4.78, 5) is 0. The Morgan fingerprint density at radius 1 is 1.11 bits per heavy atom. The SMILES string of the molecule is O[C@@H](c1ccc(OCc2ccccc2)cc1)[C@@H]1CO1. The molecule has 19 heavy (non-hydrogen) atoms. The molecule has 0 radical (unpaired) electrons. The molecule has 0 aromatic heterocycles. The molecule has 0 spiro atoms. The van der Waals surface area contributed by atoms with E-state index in [2.05, 4.69) is 0 Å². The van der Waals surface area contributed by atoms with Gasteiger partial charge in [0.2, 0.25) is 0 Å². The molecular formula is C16H16O3. The molecule has 1 saturated heterocycles.